The average Bonchev–Trinajstić information content (AvgIpc) is 2.87. The zero-order valence-corrected chi connectivity index (χ0v) is 13.1. The number of ether oxygens (including phenoxy) is 1. The van der Waals surface area contributed by atoms with Gasteiger partial charge in [0.05, 0.1) is 23.6 Å². The molecule has 0 aliphatic carbocycles. The van der Waals surface area contributed by atoms with E-state index >= 15 is 0 Å². The zero-order valence-electron chi connectivity index (χ0n) is 11.5. The Morgan fingerprint density at radius 2 is 2.19 bits per heavy atom. The molecule has 6 nitrogen and oxygen atoms in total. The van der Waals surface area contributed by atoms with Crippen LogP contribution in [0.5, 0.6) is 0 Å². The zero-order chi connectivity index (χ0) is 15.4. The van der Waals surface area contributed by atoms with Crippen molar-refractivity contribution in [1.29, 1.82) is 0 Å². The summed E-state index contributed by atoms with van der Waals surface area (Å²) in [4.78, 5) is 27.5. The molecule has 0 saturated heterocycles. The molecular formula is C14H13BrN2O4. The van der Waals surface area contributed by atoms with E-state index in [0.29, 0.717) is 28.0 Å². The number of hydrogen-bond donors (Lipinski definition) is 1. The second-order valence-electron chi connectivity index (χ2n) is 4.14. The summed E-state index contributed by atoms with van der Waals surface area (Å²) in [6, 6.07) is 4.77. The first kappa shape index (κ1) is 15.2. The summed E-state index contributed by atoms with van der Waals surface area (Å²) < 4.78 is 10.5. The number of aryl methyl sites for hydroxylation is 1. The molecule has 0 saturated carbocycles. The standard InChI is InChI=1S/C14H13BrN2O4/c1-3-20-14(19)9-4-5-11(10(15)6-9)17-13(18)12-8(2)16-7-21-12/h4-7H,3H2,1-2H3,(H,17,18). The van der Waals surface area contributed by atoms with Gasteiger partial charge in [-0.05, 0) is 48.0 Å². The summed E-state index contributed by atoms with van der Waals surface area (Å²) in [5, 5.41) is 2.68. The van der Waals surface area contributed by atoms with E-state index in [1.54, 1.807) is 32.0 Å². The van der Waals surface area contributed by atoms with Crippen LogP contribution in [0.15, 0.2) is 33.5 Å². The fraction of sp³-hybridized carbons (Fsp3) is 0.214. The van der Waals surface area contributed by atoms with E-state index < -0.39 is 11.9 Å². The molecular weight excluding hydrogens is 340 g/mol. The third-order valence-electron chi connectivity index (χ3n) is 2.68. The average molecular weight is 353 g/mol. The highest BCUT2D eigenvalue weighted by molar-refractivity contribution is 9.10. The third-order valence-corrected chi connectivity index (χ3v) is 3.34. The van der Waals surface area contributed by atoms with Crippen molar-refractivity contribution in [3.05, 3.63) is 46.1 Å². The quantitative estimate of drug-likeness (QED) is 0.854. The number of benzene rings is 1. The molecule has 21 heavy (non-hydrogen) atoms. The number of esters is 1. The number of amides is 1. The summed E-state index contributed by atoms with van der Waals surface area (Å²) in [5.41, 5.74) is 1.42. The summed E-state index contributed by atoms with van der Waals surface area (Å²) in [6.07, 6.45) is 1.21. The van der Waals surface area contributed by atoms with Crippen LogP contribution in [-0.2, 0) is 4.74 Å². The van der Waals surface area contributed by atoms with Gasteiger partial charge in [-0.25, -0.2) is 9.78 Å². The Kier molecular flexibility index (Phi) is 4.74. The Balaban J connectivity index is 2.16. The largest absolute Gasteiger partial charge is 0.462 e. The molecule has 1 N–H and O–H groups in total. The van der Waals surface area contributed by atoms with E-state index in [2.05, 4.69) is 26.2 Å². The molecule has 0 aliphatic heterocycles. The van der Waals surface area contributed by atoms with E-state index in [1.165, 1.54) is 6.39 Å². The highest BCUT2D eigenvalue weighted by atomic mass is 79.9. The van der Waals surface area contributed by atoms with Gasteiger partial charge < -0.3 is 14.5 Å². The van der Waals surface area contributed by atoms with Crippen molar-refractivity contribution >= 4 is 33.5 Å². The van der Waals surface area contributed by atoms with Gasteiger partial charge in [-0.15, -0.1) is 0 Å². The number of carbonyl (C=O) groups is 2. The van der Waals surface area contributed by atoms with Crippen molar-refractivity contribution < 1.29 is 18.7 Å². The first-order valence-corrected chi connectivity index (χ1v) is 7.00. The molecule has 2 aromatic rings. The molecule has 0 fully saturated rings. The van der Waals surface area contributed by atoms with Crippen LogP contribution in [0.25, 0.3) is 0 Å². The molecule has 1 aromatic heterocycles. The van der Waals surface area contributed by atoms with Crippen LogP contribution in [0.2, 0.25) is 0 Å². The summed E-state index contributed by atoms with van der Waals surface area (Å²) in [6.45, 7) is 3.72. The molecule has 0 spiro atoms. The SMILES string of the molecule is CCOC(=O)c1ccc(NC(=O)c2ocnc2C)c(Br)c1. The van der Waals surface area contributed by atoms with Crippen molar-refractivity contribution in [2.45, 2.75) is 13.8 Å². The van der Waals surface area contributed by atoms with Crippen molar-refractivity contribution in [3.8, 4) is 0 Å². The molecule has 110 valence electrons. The van der Waals surface area contributed by atoms with Crippen LogP contribution < -0.4 is 5.32 Å². The highest BCUT2D eigenvalue weighted by Gasteiger charge is 2.16. The van der Waals surface area contributed by atoms with Gasteiger partial charge in [-0.3, -0.25) is 4.79 Å². The second kappa shape index (κ2) is 6.53. The number of rotatable bonds is 4. The van der Waals surface area contributed by atoms with Crippen LogP contribution >= 0.6 is 15.9 Å². The highest BCUT2D eigenvalue weighted by Crippen LogP contribution is 2.25. The summed E-state index contributed by atoms with van der Waals surface area (Å²) in [5.74, 6) is -0.673. The van der Waals surface area contributed by atoms with E-state index in [4.69, 9.17) is 9.15 Å². The fourth-order valence-corrected chi connectivity index (χ4v) is 2.13. The molecule has 0 unspecified atom stereocenters. The van der Waals surface area contributed by atoms with Crippen LogP contribution in [0.4, 0.5) is 5.69 Å². The molecule has 0 bridgehead atoms. The Morgan fingerprint density at radius 1 is 1.43 bits per heavy atom. The minimum Gasteiger partial charge on any atom is -0.462 e. The van der Waals surface area contributed by atoms with Gasteiger partial charge in [0.1, 0.15) is 0 Å². The first-order valence-electron chi connectivity index (χ1n) is 6.21. The van der Waals surface area contributed by atoms with E-state index in [9.17, 15) is 9.59 Å². The Morgan fingerprint density at radius 3 is 2.76 bits per heavy atom. The normalized spacial score (nSPS) is 10.2. The number of carbonyl (C=O) groups excluding carboxylic acids is 2. The van der Waals surface area contributed by atoms with E-state index in [0.717, 1.165) is 0 Å². The number of nitrogens with one attached hydrogen (secondary N) is 1. The molecule has 0 atom stereocenters. The van der Waals surface area contributed by atoms with Gasteiger partial charge in [-0.1, -0.05) is 0 Å². The van der Waals surface area contributed by atoms with Gasteiger partial charge in [0.2, 0.25) is 5.76 Å². The van der Waals surface area contributed by atoms with Gasteiger partial charge in [0.15, 0.2) is 6.39 Å². The molecule has 2 rings (SSSR count). The monoisotopic (exact) mass is 352 g/mol. The lowest BCUT2D eigenvalue weighted by Gasteiger charge is -2.08. The van der Waals surface area contributed by atoms with Crippen molar-refractivity contribution in [2.75, 3.05) is 11.9 Å². The van der Waals surface area contributed by atoms with Crippen LogP contribution in [0, 0.1) is 6.92 Å². The van der Waals surface area contributed by atoms with E-state index in [-0.39, 0.29) is 5.76 Å². The van der Waals surface area contributed by atoms with Crippen molar-refractivity contribution in [3.63, 3.8) is 0 Å². The molecule has 1 heterocycles. The van der Waals surface area contributed by atoms with Crippen molar-refractivity contribution in [1.82, 2.24) is 4.98 Å². The molecule has 0 aliphatic rings. The van der Waals surface area contributed by atoms with Gasteiger partial charge in [-0.2, -0.15) is 0 Å². The molecule has 1 amide bonds. The predicted molar refractivity (Wildman–Crippen MR) is 79.3 cm³/mol. The lowest BCUT2D eigenvalue weighted by atomic mass is 10.2. The Bertz CT molecular complexity index is 681. The smallest absolute Gasteiger partial charge is 0.338 e. The maximum atomic E-state index is 12.0. The number of aromatic nitrogens is 1. The molecule has 7 heteroatoms. The second-order valence-corrected chi connectivity index (χ2v) is 4.99. The lowest BCUT2D eigenvalue weighted by Crippen LogP contribution is -2.13. The first-order chi connectivity index (χ1) is 10.0. The topological polar surface area (TPSA) is 81.4 Å². The third kappa shape index (κ3) is 3.49. The summed E-state index contributed by atoms with van der Waals surface area (Å²) in [7, 11) is 0. The minimum atomic E-state index is -0.415. The lowest BCUT2D eigenvalue weighted by molar-refractivity contribution is 0.0526. The molecule has 0 radical (unpaired) electrons. The minimum absolute atomic E-state index is 0.149. The van der Waals surface area contributed by atoms with Crippen molar-refractivity contribution in [2.24, 2.45) is 0 Å². The van der Waals surface area contributed by atoms with Gasteiger partial charge in [0.25, 0.3) is 5.91 Å². The maximum Gasteiger partial charge on any atom is 0.338 e. The maximum absolute atomic E-state index is 12.0. The van der Waals surface area contributed by atoms with Crippen LogP contribution in [-0.4, -0.2) is 23.5 Å². The molecule has 1 aromatic carbocycles. The number of hydrogen-bond acceptors (Lipinski definition) is 5. The number of oxazole rings is 1. The number of anilines is 1. The number of halogens is 1. The summed E-state index contributed by atoms with van der Waals surface area (Å²) >= 11 is 3.31. The Labute approximate surface area is 129 Å². The predicted octanol–water partition coefficient (Wildman–Crippen LogP) is 3.17. The van der Waals surface area contributed by atoms with Gasteiger partial charge in [0, 0.05) is 4.47 Å². The van der Waals surface area contributed by atoms with E-state index in [1.807, 2.05) is 0 Å². The fourth-order valence-electron chi connectivity index (χ4n) is 1.66. The van der Waals surface area contributed by atoms with Crippen LogP contribution in [0.3, 0.4) is 0 Å². The Hall–Kier alpha value is -2.15. The number of nitrogens with zero attached hydrogens (tertiary/aromatic N) is 1. The van der Waals surface area contributed by atoms with Gasteiger partial charge >= 0.3 is 5.97 Å². The van der Waals surface area contributed by atoms with Crippen LogP contribution in [0.1, 0.15) is 33.5 Å².